The number of nitrogens with zero attached hydrogens (tertiary/aromatic N) is 1. The van der Waals surface area contributed by atoms with Gasteiger partial charge in [-0.2, -0.15) is 0 Å². The summed E-state index contributed by atoms with van der Waals surface area (Å²) < 4.78 is 0. The molecule has 0 fully saturated rings. The molecule has 0 atom stereocenters. The summed E-state index contributed by atoms with van der Waals surface area (Å²) in [6, 6.07) is 13.2. The minimum absolute atomic E-state index is 0.149. The van der Waals surface area contributed by atoms with Gasteiger partial charge in [-0.25, -0.2) is 0 Å². The number of carbonyl (C=O) groups is 1. The third-order valence-corrected chi connectivity index (χ3v) is 3.58. The average molecular weight is 297 g/mol. The molecular weight excluding hydrogens is 274 g/mol. The molecule has 0 heterocycles. The molecule has 22 heavy (non-hydrogen) atoms. The summed E-state index contributed by atoms with van der Waals surface area (Å²) in [6.07, 6.45) is 0. The Labute approximate surface area is 131 Å². The van der Waals surface area contributed by atoms with Crippen LogP contribution in [0.2, 0.25) is 0 Å². The molecule has 0 bridgehead atoms. The second-order valence-electron chi connectivity index (χ2n) is 5.87. The minimum Gasteiger partial charge on any atom is -0.399 e. The lowest BCUT2D eigenvalue weighted by Crippen LogP contribution is -2.19. The lowest BCUT2D eigenvalue weighted by molar-refractivity contribution is 0.102. The van der Waals surface area contributed by atoms with Crippen molar-refractivity contribution in [3.05, 3.63) is 53.6 Å². The van der Waals surface area contributed by atoms with Crippen LogP contribution in [0.5, 0.6) is 0 Å². The molecule has 0 unspecified atom stereocenters. The molecule has 0 radical (unpaired) electrons. The first-order valence-corrected chi connectivity index (χ1v) is 7.37. The summed E-state index contributed by atoms with van der Waals surface area (Å²) in [5.41, 5.74) is 9.79. The SMILES string of the molecule is CC(C)c1ccccc1NC(=O)c1cc(N)ccc1N(C)C. The number of benzene rings is 2. The van der Waals surface area contributed by atoms with Crippen molar-refractivity contribution in [2.45, 2.75) is 19.8 Å². The largest absolute Gasteiger partial charge is 0.399 e. The maximum absolute atomic E-state index is 12.7. The molecule has 0 aliphatic rings. The summed E-state index contributed by atoms with van der Waals surface area (Å²) >= 11 is 0. The average Bonchev–Trinajstić information content (AvgIpc) is 2.47. The fraction of sp³-hybridized carbons (Fsp3) is 0.278. The van der Waals surface area contributed by atoms with E-state index in [1.54, 1.807) is 12.1 Å². The van der Waals surface area contributed by atoms with E-state index < -0.39 is 0 Å². The van der Waals surface area contributed by atoms with Crippen LogP contribution in [0.1, 0.15) is 35.7 Å². The first-order chi connectivity index (χ1) is 10.4. The topological polar surface area (TPSA) is 58.4 Å². The molecule has 4 heteroatoms. The summed E-state index contributed by atoms with van der Waals surface area (Å²) in [7, 11) is 3.81. The molecule has 2 rings (SSSR count). The molecule has 0 aliphatic carbocycles. The molecular formula is C18H23N3O. The molecule has 2 aromatic rings. The van der Waals surface area contributed by atoms with Gasteiger partial charge in [-0.3, -0.25) is 4.79 Å². The van der Waals surface area contributed by atoms with Crippen molar-refractivity contribution in [2.75, 3.05) is 30.0 Å². The van der Waals surface area contributed by atoms with E-state index in [2.05, 4.69) is 19.2 Å². The Morgan fingerprint density at radius 3 is 2.45 bits per heavy atom. The number of nitrogens with one attached hydrogen (secondary N) is 1. The third kappa shape index (κ3) is 3.39. The van der Waals surface area contributed by atoms with Crippen molar-refractivity contribution in [1.29, 1.82) is 0 Å². The van der Waals surface area contributed by atoms with E-state index >= 15 is 0 Å². The van der Waals surface area contributed by atoms with Gasteiger partial charge in [0.15, 0.2) is 0 Å². The monoisotopic (exact) mass is 297 g/mol. The van der Waals surface area contributed by atoms with Crippen molar-refractivity contribution in [3.8, 4) is 0 Å². The zero-order chi connectivity index (χ0) is 16.3. The van der Waals surface area contributed by atoms with E-state index in [-0.39, 0.29) is 5.91 Å². The lowest BCUT2D eigenvalue weighted by Gasteiger charge is -2.19. The van der Waals surface area contributed by atoms with Crippen LogP contribution in [0.3, 0.4) is 0 Å². The van der Waals surface area contributed by atoms with Crippen LogP contribution in [0.4, 0.5) is 17.1 Å². The molecule has 2 aromatic carbocycles. The van der Waals surface area contributed by atoms with Gasteiger partial charge in [-0.15, -0.1) is 0 Å². The van der Waals surface area contributed by atoms with Crippen molar-refractivity contribution >= 4 is 23.0 Å². The number of hydrogen-bond acceptors (Lipinski definition) is 3. The Balaban J connectivity index is 2.36. The fourth-order valence-corrected chi connectivity index (χ4v) is 2.43. The van der Waals surface area contributed by atoms with Crippen LogP contribution < -0.4 is 16.0 Å². The van der Waals surface area contributed by atoms with Crippen LogP contribution in [0, 0.1) is 0 Å². The molecule has 1 amide bonds. The Morgan fingerprint density at radius 1 is 1.14 bits per heavy atom. The molecule has 0 aromatic heterocycles. The minimum atomic E-state index is -0.149. The number of para-hydroxylation sites is 1. The maximum atomic E-state index is 12.7. The highest BCUT2D eigenvalue weighted by molar-refractivity contribution is 6.09. The zero-order valence-electron chi connectivity index (χ0n) is 13.6. The zero-order valence-corrected chi connectivity index (χ0v) is 13.6. The van der Waals surface area contributed by atoms with E-state index in [1.165, 1.54) is 0 Å². The van der Waals surface area contributed by atoms with Gasteiger partial charge in [-0.1, -0.05) is 32.0 Å². The summed E-state index contributed by atoms with van der Waals surface area (Å²) in [4.78, 5) is 14.6. The smallest absolute Gasteiger partial charge is 0.257 e. The van der Waals surface area contributed by atoms with Crippen molar-refractivity contribution in [3.63, 3.8) is 0 Å². The van der Waals surface area contributed by atoms with E-state index in [0.717, 1.165) is 16.9 Å². The van der Waals surface area contributed by atoms with Gasteiger partial charge in [-0.05, 0) is 35.7 Å². The second-order valence-corrected chi connectivity index (χ2v) is 5.87. The molecule has 0 spiro atoms. The number of anilines is 3. The summed E-state index contributed by atoms with van der Waals surface area (Å²) in [5, 5.41) is 3.01. The standard InChI is InChI=1S/C18H23N3O/c1-12(2)14-7-5-6-8-16(14)20-18(22)15-11-13(19)9-10-17(15)21(3)4/h5-12H,19H2,1-4H3,(H,20,22). The van der Waals surface area contributed by atoms with Crippen molar-refractivity contribution in [1.82, 2.24) is 0 Å². The molecule has 3 N–H and O–H groups in total. The Hall–Kier alpha value is -2.49. The Bertz CT molecular complexity index is 678. The summed E-state index contributed by atoms with van der Waals surface area (Å²) in [6.45, 7) is 4.22. The van der Waals surface area contributed by atoms with Gasteiger partial charge in [0.05, 0.1) is 5.56 Å². The van der Waals surface area contributed by atoms with Crippen molar-refractivity contribution in [2.24, 2.45) is 0 Å². The van der Waals surface area contributed by atoms with Crippen LogP contribution in [0.25, 0.3) is 0 Å². The molecule has 116 valence electrons. The van der Waals surface area contributed by atoms with E-state index in [0.29, 0.717) is 17.2 Å². The number of nitrogen functional groups attached to an aromatic ring is 1. The van der Waals surface area contributed by atoms with Gasteiger partial charge in [0.25, 0.3) is 5.91 Å². The van der Waals surface area contributed by atoms with Crippen molar-refractivity contribution < 1.29 is 4.79 Å². The van der Waals surface area contributed by atoms with Gasteiger partial charge < -0.3 is 16.0 Å². The predicted molar refractivity (Wildman–Crippen MR) is 93.7 cm³/mol. The molecule has 0 aliphatic heterocycles. The molecule has 4 nitrogen and oxygen atoms in total. The van der Waals surface area contributed by atoms with E-state index in [9.17, 15) is 4.79 Å². The maximum Gasteiger partial charge on any atom is 0.257 e. The Morgan fingerprint density at radius 2 is 1.82 bits per heavy atom. The third-order valence-electron chi connectivity index (χ3n) is 3.58. The summed E-state index contributed by atoms with van der Waals surface area (Å²) in [5.74, 6) is 0.190. The van der Waals surface area contributed by atoms with Gasteiger partial charge in [0, 0.05) is 31.2 Å². The number of rotatable bonds is 4. The number of carbonyl (C=O) groups excluding carboxylic acids is 1. The quantitative estimate of drug-likeness (QED) is 0.846. The first-order valence-electron chi connectivity index (χ1n) is 7.37. The number of amides is 1. The number of hydrogen-bond donors (Lipinski definition) is 2. The number of nitrogens with two attached hydrogens (primary N) is 1. The predicted octanol–water partition coefficient (Wildman–Crippen LogP) is 3.71. The van der Waals surface area contributed by atoms with Gasteiger partial charge >= 0.3 is 0 Å². The van der Waals surface area contributed by atoms with Gasteiger partial charge in [0.2, 0.25) is 0 Å². The van der Waals surface area contributed by atoms with E-state index in [4.69, 9.17) is 5.73 Å². The highest BCUT2D eigenvalue weighted by atomic mass is 16.1. The molecule has 0 saturated carbocycles. The van der Waals surface area contributed by atoms with E-state index in [1.807, 2.05) is 49.3 Å². The first kappa shape index (κ1) is 15.9. The van der Waals surface area contributed by atoms with Crippen LogP contribution in [0.15, 0.2) is 42.5 Å². The fourth-order valence-electron chi connectivity index (χ4n) is 2.43. The highest BCUT2D eigenvalue weighted by Gasteiger charge is 2.15. The second kappa shape index (κ2) is 6.52. The van der Waals surface area contributed by atoms with Crippen LogP contribution in [-0.2, 0) is 0 Å². The lowest BCUT2D eigenvalue weighted by atomic mass is 10.0. The van der Waals surface area contributed by atoms with Gasteiger partial charge in [0.1, 0.15) is 0 Å². The molecule has 0 saturated heterocycles. The Kier molecular flexibility index (Phi) is 4.71. The highest BCUT2D eigenvalue weighted by Crippen LogP contribution is 2.26. The van der Waals surface area contributed by atoms with Crippen LogP contribution >= 0.6 is 0 Å². The normalized spacial score (nSPS) is 10.6. The van der Waals surface area contributed by atoms with Crippen LogP contribution in [-0.4, -0.2) is 20.0 Å².